The lowest BCUT2D eigenvalue weighted by atomic mass is 9.93. The number of carboxylic acids is 1. The van der Waals surface area contributed by atoms with Crippen LogP contribution >= 0.6 is 11.6 Å². The number of aromatic carboxylic acids is 1. The van der Waals surface area contributed by atoms with E-state index in [1.807, 2.05) is 32.9 Å². The van der Waals surface area contributed by atoms with Crippen LogP contribution in [0, 0.1) is 5.92 Å². The van der Waals surface area contributed by atoms with Crippen molar-refractivity contribution in [3.05, 3.63) is 75.4 Å². The van der Waals surface area contributed by atoms with Gasteiger partial charge < -0.3 is 24.1 Å². The fourth-order valence-electron chi connectivity index (χ4n) is 5.44. The van der Waals surface area contributed by atoms with E-state index in [0.717, 1.165) is 38.7 Å². The van der Waals surface area contributed by atoms with Gasteiger partial charge in [-0.2, -0.15) is 0 Å². The van der Waals surface area contributed by atoms with Crippen LogP contribution in [-0.4, -0.2) is 44.7 Å². The van der Waals surface area contributed by atoms with Crippen molar-refractivity contribution in [1.82, 2.24) is 9.47 Å². The first kappa shape index (κ1) is 26.8. The number of rotatable bonds is 8. The minimum absolute atomic E-state index is 0.0101. The number of aromatic nitrogens is 1. The molecule has 4 rings (SSSR count). The maximum atomic E-state index is 14.1. The van der Waals surface area contributed by atoms with Gasteiger partial charge in [0.2, 0.25) is 5.76 Å². The van der Waals surface area contributed by atoms with Gasteiger partial charge in [0.1, 0.15) is 11.5 Å². The monoisotopic (exact) mass is 524 g/mol. The van der Waals surface area contributed by atoms with E-state index >= 15 is 0 Å². The molecule has 0 saturated carbocycles. The highest BCUT2D eigenvalue weighted by Gasteiger charge is 2.33. The summed E-state index contributed by atoms with van der Waals surface area (Å²) in [6.07, 6.45) is 1.05. The number of benzene rings is 1. The maximum absolute atomic E-state index is 14.1. The quantitative estimate of drug-likeness (QED) is 0.343. The molecule has 1 amide bonds. The number of carbonyl (C=O) groups is 2. The van der Waals surface area contributed by atoms with E-state index in [1.165, 1.54) is 6.07 Å². The molecule has 0 radical (unpaired) electrons. The topological polar surface area (TPSA) is 95.9 Å². The van der Waals surface area contributed by atoms with Gasteiger partial charge in [-0.05, 0) is 68.9 Å². The number of aliphatic hydroxyl groups is 1. The Bertz CT molecular complexity index is 1420. The molecule has 1 aliphatic rings. The van der Waals surface area contributed by atoms with Crippen molar-refractivity contribution in [3.63, 3.8) is 0 Å². The maximum Gasteiger partial charge on any atom is 0.371 e. The van der Waals surface area contributed by atoms with Crippen LogP contribution in [0.4, 0.5) is 0 Å². The molecule has 196 valence electrons. The molecule has 0 saturated heterocycles. The van der Waals surface area contributed by atoms with Crippen LogP contribution in [0.25, 0.3) is 16.5 Å². The highest BCUT2D eigenvalue weighted by Crippen LogP contribution is 2.41. The minimum Gasteiger partial charge on any atom is -0.475 e. The summed E-state index contributed by atoms with van der Waals surface area (Å²) in [7, 11) is 0. The number of allylic oxidation sites excluding steroid dienone is 3. The Hall–Kier alpha value is -3.29. The number of carbonyl (C=O) groups excluding carboxylic acids is 1. The van der Waals surface area contributed by atoms with Gasteiger partial charge in [-0.1, -0.05) is 42.3 Å². The van der Waals surface area contributed by atoms with Gasteiger partial charge in [0.25, 0.3) is 5.91 Å². The number of halogens is 1. The summed E-state index contributed by atoms with van der Waals surface area (Å²) in [4.78, 5) is 27.1. The molecule has 0 bridgehead atoms. The first-order valence-corrected chi connectivity index (χ1v) is 12.8. The molecule has 7 nitrogen and oxygen atoms in total. The van der Waals surface area contributed by atoms with Gasteiger partial charge in [-0.15, -0.1) is 0 Å². The summed E-state index contributed by atoms with van der Waals surface area (Å²) in [5.41, 5.74) is 6.18. The molecule has 0 fully saturated rings. The number of aliphatic hydroxyl groups excluding tert-OH is 1. The predicted octanol–water partition coefficient (Wildman–Crippen LogP) is 6.17. The number of nitrogens with zero attached hydrogens (tertiary/aromatic N) is 2. The fraction of sp³-hybridized carbons (Fsp3) is 0.379. The Kier molecular flexibility index (Phi) is 7.67. The molecule has 2 aromatic heterocycles. The average Bonchev–Trinajstić information content (AvgIpc) is 3.38. The number of furan rings is 1. The summed E-state index contributed by atoms with van der Waals surface area (Å²) in [6, 6.07) is 6.83. The van der Waals surface area contributed by atoms with E-state index < -0.39 is 5.97 Å². The summed E-state index contributed by atoms with van der Waals surface area (Å²) in [6.45, 7) is 13.6. The Morgan fingerprint density at radius 2 is 1.92 bits per heavy atom. The van der Waals surface area contributed by atoms with Crippen LogP contribution < -0.4 is 0 Å². The van der Waals surface area contributed by atoms with Crippen molar-refractivity contribution in [1.29, 1.82) is 0 Å². The first-order valence-electron chi connectivity index (χ1n) is 12.4. The Balaban J connectivity index is 1.96. The van der Waals surface area contributed by atoms with Gasteiger partial charge in [-0.3, -0.25) is 4.79 Å². The van der Waals surface area contributed by atoms with Crippen molar-refractivity contribution in [2.24, 2.45) is 5.92 Å². The number of hydrogen-bond acceptors (Lipinski definition) is 4. The van der Waals surface area contributed by atoms with Gasteiger partial charge in [0, 0.05) is 30.6 Å². The molecule has 0 aliphatic carbocycles. The fourth-order valence-corrected chi connectivity index (χ4v) is 5.68. The number of fused-ring (bicyclic) bond motifs is 3. The highest BCUT2D eigenvalue weighted by molar-refractivity contribution is 6.34. The van der Waals surface area contributed by atoms with Crippen molar-refractivity contribution < 1.29 is 24.2 Å². The average molecular weight is 525 g/mol. The van der Waals surface area contributed by atoms with Crippen LogP contribution in [0.5, 0.6) is 0 Å². The van der Waals surface area contributed by atoms with Crippen LogP contribution in [0.2, 0.25) is 5.02 Å². The lowest BCUT2D eigenvalue weighted by molar-refractivity contribution is 0.0655. The Morgan fingerprint density at radius 3 is 2.51 bits per heavy atom. The molecular formula is C29H33ClN2O5. The first-order chi connectivity index (χ1) is 17.5. The summed E-state index contributed by atoms with van der Waals surface area (Å²) in [5.74, 6) is -0.941. The van der Waals surface area contributed by atoms with Crippen molar-refractivity contribution in [3.8, 4) is 0 Å². The zero-order valence-electron chi connectivity index (χ0n) is 21.7. The smallest absolute Gasteiger partial charge is 0.371 e. The van der Waals surface area contributed by atoms with Crippen molar-refractivity contribution in [2.75, 3.05) is 13.2 Å². The molecule has 8 heteroatoms. The molecule has 37 heavy (non-hydrogen) atoms. The largest absolute Gasteiger partial charge is 0.475 e. The summed E-state index contributed by atoms with van der Waals surface area (Å²) >= 11 is 6.84. The number of carboxylic acid groups (broad SMARTS) is 1. The van der Waals surface area contributed by atoms with E-state index in [4.69, 9.17) is 16.0 Å². The minimum atomic E-state index is -1.15. The molecule has 1 aromatic carbocycles. The van der Waals surface area contributed by atoms with Gasteiger partial charge >= 0.3 is 5.97 Å². The van der Waals surface area contributed by atoms with Crippen LogP contribution in [0.3, 0.4) is 0 Å². The molecule has 3 aromatic rings. The zero-order valence-corrected chi connectivity index (χ0v) is 22.5. The normalized spacial score (nSPS) is 15.6. The third-order valence-electron chi connectivity index (χ3n) is 6.77. The van der Waals surface area contributed by atoms with E-state index in [1.54, 1.807) is 11.0 Å². The third-order valence-corrected chi connectivity index (χ3v) is 7.09. The third kappa shape index (κ3) is 4.98. The second-order valence-electron chi connectivity index (χ2n) is 10.1. The lowest BCUT2D eigenvalue weighted by Crippen LogP contribution is -2.33. The second-order valence-corrected chi connectivity index (χ2v) is 10.5. The highest BCUT2D eigenvalue weighted by atomic mass is 35.5. The van der Waals surface area contributed by atoms with Gasteiger partial charge in [0.05, 0.1) is 17.1 Å². The van der Waals surface area contributed by atoms with Gasteiger partial charge in [0.15, 0.2) is 0 Å². The molecule has 0 spiro atoms. The molecular weight excluding hydrogens is 492 g/mol. The van der Waals surface area contributed by atoms with Crippen molar-refractivity contribution >= 4 is 40.0 Å². The Morgan fingerprint density at radius 1 is 1.19 bits per heavy atom. The number of amides is 1. The number of hydrogen-bond donors (Lipinski definition) is 2. The number of aryl methyl sites for hydroxylation is 1. The molecule has 1 aliphatic heterocycles. The van der Waals surface area contributed by atoms with Crippen LogP contribution in [0.1, 0.15) is 72.0 Å². The molecule has 1 unspecified atom stereocenters. The van der Waals surface area contributed by atoms with Crippen LogP contribution in [-0.2, 0) is 19.5 Å². The summed E-state index contributed by atoms with van der Waals surface area (Å²) < 4.78 is 7.56. The SMILES string of the molecule is C=C(C)C(=C(C)C)c1c(Cl)ccc2c(CCCO)c3n(c12)CC(C)CN(Cc1ccc(C(=O)O)o1)C3=O. The lowest BCUT2D eigenvalue weighted by Gasteiger charge is -2.22. The standard InChI is InChI=1S/C29H33ClN2O5/c1-16(2)24(17(3)4)25-22(30)10-9-21-20(7-6-12-33)27-28(34)31(13-18(5)14-32(27)26(21)25)15-19-8-11-23(37-19)29(35)36/h8-11,18,33H,1,6-7,12-15H2,2-5H3,(H,35,36). The second kappa shape index (κ2) is 10.6. The van der Waals surface area contributed by atoms with E-state index in [0.29, 0.717) is 42.4 Å². The Labute approximate surface area is 221 Å². The van der Waals surface area contributed by atoms with E-state index in [-0.39, 0.29) is 30.7 Å². The van der Waals surface area contributed by atoms with Gasteiger partial charge in [-0.25, -0.2) is 4.79 Å². The molecule has 3 heterocycles. The molecule has 2 N–H and O–H groups in total. The zero-order chi connectivity index (χ0) is 27.0. The molecule has 1 atom stereocenters. The predicted molar refractivity (Wildman–Crippen MR) is 145 cm³/mol. The van der Waals surface area contributed by atoms with Crippen LogP contribution in [0.15, 0.2) is 46.4 Å². The van der Waals surface area contributed by atoms with E-state index in [9.17, 15) is 19.8 Å². The van der Waals surface area contributed by atoms with Crippen molar-refractivity contribution in [2.45, 2.75) is 53.6 Å². The summed E-state index contributed by atoms with van der Waals surface area (Å²) in [5, 5.41) is 20.4. The van der Waals surface area contributed by atoms with E-state index in [2.05, 4.69) is 18.1 Å².